The first-order valence-corrected chi connectivity index (χ1v) is 7.13. The zero-order valence-electron chi connectivity index (χ0n) is 11.4. The highest BCUT2D eigenvalue weighted by Gasteiger charge is 2.27. The lowest BCUT2D eigenvalue weighted by molar-refractivity contribution is -0.134. The second-order valence-corrected chi connectivity index (χ2v) is 5.17. The maximum absolute atomic E-state index is 12.3. The van der Waals surface area contributed by atoms with Crippen molar-refractivity contribution in [2.24, 2.45) is 0 Å². The van der Waals surface area contributed by atoms with Crippen LogP contribution in [0.5, 0.6) is 0 Å². The first kappa shape index (κ1) is 13.5. The summed E-state index contributed by atoms with van der Waals surface area (Å²) in [6.07, 6.45) is 0.391. The van der Waals surface area contributed by atoms with E-state index >= 15 is 0 Å². The van der Waals surface area contributed by atoms with Crippen molar-refractivity contribution in [2.75, 3.05) is 32.9 Å². The molecule has 0 spiro atoms. The zero-order valence-corrected chi connectivity index (χ0v) is 11.4. The number of hydrogen-bond donors (Lipinski definition) is 2. The van der Waals surface area contributed by atoms with E-state index in [1.165, 1.54) is 5.56 Å². The van der Waals surface area contributed by atoms with Crippen molar-refractivity contribution in [3.63, 3.8) is 0 Å². The number of nitrogens with one attached hydrogen (secondary N) is 2. The van der Waals surface area contributed by atoms with Crippen LogP contribution in [0.4, 0.5) is 0 Å². The molecule has 2 atom stereocenters. The van der Waals surface area contributed by atoms with Gasteiger partial charge in [0.15, 0.2) is 6.10 Å². The average molecular weight is 276 g/mol. The second-order valence-electron chi connectivity index (χ2n) is 5.17. The number of fused-ring (bicyclic) bond motifs is 1. The molecule has 1 saturated heterocycles. The van der Waals surface area contributed by atoms with Crippen molar-refractivity contribution in [2.45, 2.75) is 18.6 Å². The van der Waals surface area contributed by atoms with Crippen LogP contribution in [0.3, 0.4) is 0 Å². The van der Waals surface area contributed by atoms with Gasteiger partial charge in [0.05, 0.1) is 19.8 Å². The van der Waals surface area contributed by atoms with Gasteiger partial charge in [-0.2, -0.15) is 0 Å². The Hall–Kier alpha value is -1.43. The Morgan fingerprint density at radius 2 is 2.25 bits per heavy atom. The molecule has 2 unspecified atom stereocenters. The van der Waals surface area contributed by atoms with E-state index in [-0.39, 0.29) is 11.9 Å². The van der Waals surface area contributed by atoms with Crippen LogP contribution in [0.25, 0.3) is 0 Å². The Balaban J connectivity index is 1.60. The van der Waals surface area contributed by atoms with Gasteiger partial charge in [-0.3, -0.25) is 4.79 Å². The molecule has 0 aliphatic carbocycles. The van der Waals surface area contributed by atoms with Crippen LogP contribution in [0.2, 0.25) is 0 Å². The minimum atomic E-state index is -0.482. The Morgan fingerprint density at radius 1 is 1.35 bits per heavy atom. The summed E-state index contributed by atoms with van der Waals surface area (Å²) in [5, 5.41) is 6.27. The van der Waals surface area contributed by atoms with Gasteiger partial charge in [0.2, 0.25) is 0 Å². The molecule has 1 fully saturated rings. The molecule has 108 valence electrons. The Bertz CT molecular complexity index is 472. The number of carbonyl (C=O) groups excluding carboxylic acids is 1. The number of morpholine rings is 1. The third-order valence-corrected chi connectivity index (χ3v) is 3.75. The summed E-state index contributed by atoms with van der Waals surface area (Å²) < 4.78 is 11.0. The Labute approximate surface area is 118 Å². The minimum absolute atomic E-state index is 0.0653. The highest BCUT2D eigenvalue weighted by molar-refractivity contribution is 5.82. The normalized spacial score (nSPS) is 25.8. The summed E-state index contributed by atoms with van der Waals surface area (Å²) in [6, 6.07) is 8.17. The quantitative estimate of drug-likeness (QED) is 0.839. The molecule has 2 heterocycles. The number of amides is 1. The van der Waals surface area contributed by atoms with E-state index in [2.05, 4.69) is 16.7 Å². The fraction of sp³-hybridized carbons (Fsp3) is 0.533. The lowest BCUT2D eigenvalue weighted by Gasteiger charge is -2.27. The molecule has 0 radical (unpaired) electrons. The molecule has 0 bridgehead atoms. The first-order valence-electron chi connectivity index (χ1n) is 7.13. The molecule has 5 heteroatoms. The molecule has 2 aliphatic rings. The van der Waals surface area contributed by atoms with Gasteiger partial charge in [-0.15, -0.1) is 0 Å². The van der Waals surface area contributed by atoms with Crippen LogP contribution in [0.15, 0.2) is 24.3 Å². The maximum Gasteiger partial charge on any atom is 0.253 e. The lowest BCUT2D eigenvalue weighted by Crippen LogP contribution is -2.49. The van der Waals surface area contributed by atoms with Crippen molar-refractivity contribution in [1.82, 2.24) is 10.6 Å². The van der Waals surface area contributed by atoms with Crippen LogP contribution in [-0.2, 0) is 20.7 Å². The molecule has 5 nitrogen and oxygen atoms in total. The van der Waals surface area contributed by atoms with E-state index in [9.17, 15) is 4.79 Å². The van der Waals surface area contributed by atoms with Crippen molar-refractivity contribution in [3.8, 4) is 0 Å². The third kappa shape index (κ3) is 3.00. The molecule has 1 aromatic rings. The predicted molar refractivity (Wildman–Crippen MR) is 74.5 cm³/mol. The Kier molecular flexibility index (Phi) is 4.30. The van der Waals surface area contributed by atoms with Crippen molar-refractivity contribution in [3.05, 3.63) is 35.4 Å². The van der Waals surface area contributed by atoms with Crippen molar-refractivity contribution in [1.29, 1.82) is 0 Å². The number of rotatable bonds is 3. The summed E-state index contributed by atoms with van der Waals surface area (Å²) in [5.74, 6) is -0.0653. The molecule has 1 amide bonds. The summed E-state index contributed by atoms with van der Waals surface area (Å²) in [5.41, 5.74) is 2.20. The van der Waals surface area contributed by atoms with Crippen LogP contribution < -0.4 is 10.6 Å². The fourth-order valence-electron chi connectivity index (χ4n) is 2.68. The van der Waals surface area contributed by atoms with E-state index in [4.69, 9.17) is 9.47 Å². The number of ether oxygens (including phenoxy) is 2. The summed E-state index contributed by atoms with van der Waals surface area (Å²) in [6.45, 7) is 3.38. The van der Waals surface area contributed by atoms with E-state index in [0.29, 0.717) is 19.8 Å². The third-order valence-electron chi connectivity index (χ3n) is 3.75. The maximum atomic E-state index is 12.3. The van der Waals surface area contributed by atoms with Gasteiger partial charge < -0.3 is 20.1 Å². The van der Waals surface area contributed by atoms with Crippen molar-refractivity contribution >= 4 is 5.91 Å². The number of carbonyl (C=O) groups is 1. The standard InChI is InChI=1S/C15H20N2O3/c18-15(17-9-12-10-19-8-6-16-12)14-13-4-2-1-3-11(13)5-7-20-14/h1-4,12,14,16H,5-10H2,(H,17,18). The molecule has 1 aromatic carbocycles. The van der Waals surface area contributed by atoms with Gasteiger partial charge in [0, 0.05) is 19.1 Å². The highest BCUT2D eigenvalue weighted by atomic mass is 16.5. The van der Waals surface area contributed by atoms with E-state index in [1.807, 2.05) is 18.2 Å². The molecule has 20 heavy (non-hydrogen) atoms. The fourth-order valence-corrected chi connectivity index (χ4v) is 2.68. The van der Waals surface area contributed by atoms with E-state index < -0.39 is 6.10 Å². The largest absolute Gasteiger partial charge is 0.378 e. The van der Waals surface area contributed by atoms with Gasteiger partial charge in [-0.1, -0.05) is 24.3 Å². The zero-order chi connectivity index (χ0) is 13.8. The summed E-state index contributed by atoms with van der Waals surface area (Å²) >= 11 is 0. The topological polar surface area (TPSA) is 59.6 Å². The molecule has 0 saturated carbocycles. The number of hydrogen-bond acceptors (Lipinski definition) is 4. The molecule has 2 aliphatic heterocycles. The smallest absolute Gasteiger partial charge is 0.253 e. The SMILES string of the molecule is O=C(NCC1COCCN1)C1OCCc2ccccc21. The molecule has 3 rings (SSSR count). The first-order chi connectivity index (χ1) is 9.84. The molecule has 2 N–H and O–H groups in total. The second kappa shape index (κ2) is 6.35. The van der Waals surface area contributed by atoms with Crippen LogP contribution in [0.1, 0.15) is 17.2 Å². The highest BCUT2D eigenvalue weighted by Crippen LogP contribution is 2.26. The van der Waals surface area contributed by atoms with Gasteiger partial charge in [-0.05, 0) is 17.5 Å². The Morgan fingerprint density at radius 3 is 3.10 bits per heavy atom. The lowest BCUT2D eigenvalue weighted by atomic mass is 9.97. The summed E-state index contributed by atoms with van der Waals surface area (Å²) in [4.78, 5) is 12.3. The molecular weight excluding hydrogens is 256 g/mol. The average Bonchev–Trinajstić information content (AvgIpc) is 2.53. The number of benzene rings is 1. The monoisotopic (exact) mass is 276 g/mol. The van der Waals surface area contributed by atoms with Gasteiger partial charge in [-0.25, -0.2) is 0 Å². The van der Waals surface area contributed by atoms with Gasteiger partial charge in [0.1, 0.15) is 0 Å². The minimum Gasteiger partial charge on any atom is -0.378 e. The van der Waals surface area contributed by atoms with Crippen molar-refractivity contribution < 1.29 is 14.3 Å². The van der Waals surface area contributed by atoms with Crippen LogP contribution in [0, 0.1) is 0 Å². The van der Waals surface area contributed by atoms with Crippen LogP contribution in [-0.4, -0.2) is 44.9 Å². The van der Waals surface area contributed by atoms with E-state index in [1.54, 1.807) is 0 Å². The van der Waals surface area contributed by atoms with E-state index in [0.717, 1.165) is 25.1 Å². The predicted octanol–water partition coefficient (Wildman–Crippen LogP) is 0.405. The summed E-state index contributed by atoms with van der Waals surface area (Å²) in [7, 11) is 0. The van der Waals surface area contributed by atoms with Crippen LogP contribution >= 0.6 is 0 Å². The molecule has 0 aromatic heterocycles. The van der Waals surface area contributed by atoms with Gasteiger partial charge >= 0.3 is 0 Å². The van der Waals surface area contributed by atoms with Gasteiger partial charge in [0.25, 0.3) is 5.91 Å². The molecular formula is C15H20N2O3.